The van der Waals surface area contributed by atoms with Crippen LogP contribution in [-0.2, 0) is 0 Å². The Hall–Kier alpha value is -3.09. The van der Waals surface area contributed by atoms with E-state index in [1.165, 1.54) is 12.3 Å². The van der Waals surface area contributed by atoms with Crippen LogP contribution in [0.3, 0.4) is 0 Å². The Bertz CT molecular complexity index is 862. The molecule has 1 aromatic heterocycles. The Morgan fingerprint density at radius 1 is 0.958 bits per heavy atom. The molecule has 2 N–H and O–H groups in total. The average molecular weight is 327 g/mol. The fraction of sp³-hybridized carbons (Fsp3) is 0.118. The van der Waals surface area contributed by atoms with Crippen molar-refractivity contribution in [2.75, 3.05) is 10.6 Å². The molecule has 0 fully saturated rings. The number of aromatic nitrogens is 3. The van der Waals surface area contributed by atoms with Gasteiger partial charge >= 0.3 is 0 Å². The van der Waals surface area contributed by atoms with Crippen LogP contribution in [0.4, 0.5) is 31.9 Å². The maximum atomic E-state index is 13.7. The fourth-order valence-electron chi connectivity index (χ4n) is 2.27. The van der Waals surface area contributed by atoms with Crippen molar-refractivity contribution < 1.29 is 8.78 Å². The number of hydrogen-bond donors (Lipinski definition) is 2. The number of nitrogens with one attached hydrogen (secondary N) is 2. The highest BCUT2D eigenvalue weighted by Crippen LogP contribution is 2.23. The van der Waals surface area contributed by atoms with Crippen LogP contribution in [0.2, 0.25) is 0 Å². The third kappa shape index (κ3) is 3.45. The SMILES string of the molecule is Cc1cccc(C)c1Nc1nncc(Nc2ccc(F)cc2F)n1. The topological polar surface area (TPSA) is 62.7 Å². The molecule has 3 rings (SSSR count). The minimum absolute atomic E-state index is 0.106. The highest BCUT2D eigenvalue weighted by atomic mass is 19.1. The van der Waals surface area contributed by atoms with Gasteiger partial charge in [-0.3, -0.25) is 0 Å². The maximum absolute atomic E-state index is 13.7. The van der Waals surface area contributed by atoms with Crippen molar-refractivity contribution >= 4 is 23.1 Å². The molecule has 3 aromatic rings. The second-order valence-corrected chi connectivity index (χ2v) is 5.31. The monoisotopic (exact) mass is 327 g/mol. The first-order valence-electron chi connectivity index (χ1n) is 7.28. The summed E-state index contributed by atoms with van der Waals surface area (Å²) >= 11 is 0. The summed E-state index contributed by atoms with van der Waals surface area (Å²) in [6.07, 6.45) is 1.36. The largest absolute Gasteiger partial charge is 0.336 e. The molecular formula is C17H15F2N5. The summed E-state index contributed by atoms with van der Waals surface area (Å²) in [5.41, 5.74) is 3.09. The molecule has 7 heteroatoms. The Morgan fingerprint density at radius 2 is 1.71 bits per heavy atom. The summed E-state index contributed by atoms with van der Waals surface area (Å²) in [7, 11) is 0. The van der Waals surface area contributed by atoms with Crippen LogP contribution in [0.25, 0.3) is 0 Å². The second-order valence-electron chi connectivity index (χ2n) is 5.31. The Labute approximate surface area is 137 Å². The summed E-state index contributed by atoms with van der Waals surface area (Å²) in [6, 6.07) is 9.16. The van der Waals surface area contributed by atoms with Gasteiger partial charge in [-0.2, -0.15) is 10.1 Å². The van der Waals surface area contributed by atoms with Crippen LogP contribution < -0.4 is 10.6 Å². The molecule has 0 bridgehead atoms. The van der Waals surface area contributed by atoms with Crippen molar-refractivity contribution in [3.8, 4) is 0 Å². The van der Waals surface area contributed by atoms with Crippen LogP contribution in [0.15, 0.2) is 42.6 Å². The number of anilines is 4. The molecule has 122 valence electrons. The lowest BCUT2D eigenvalue weighted by Crippen LogP contribution is -2.05. The molecule has 0 unspecified atom stereocenters. The molecule has 0 spiro atoms. The fourth-order valence-corrected chi connectivity index (χ4v) is 2.27. The molecule has 0 amide bonds. The number of nitrogens with zero attached hydrogens (tertiary/aromatic N) is 3. The molecule has 0 radical (unpaired) electrons. The molecule has 5 nitrogen and oxygen atoms in total. The molecule has 24 heavy (non-hydrogen) atoms. The van der Waals surface area contributed by atoms with Crippen molar-refractivity contribution in [3.05, 3.63) is 65.4 Å². The first kappa shape index (κ1) is 15.8. The molecule has 0 aliphatic rings. The van der Waals surface area contributed by atoms with Gasteiger partial charge in [-0.1, -0.05) is 18.2 Å². The van der Waals surface area contributed by atoms with E-state index in [1.54, 1.807) is 0 Å². The van der Waals surface area contributed by atoms with Gasteiger partial charge in [-0.25, -0.2) is 8.78 Å². The lowest BCUT2D eigenvalue weighted by Gasteiger charge is -2.12. The van der Waals surface area contributed by atoms with Crippen molar-refractivity contribution in [2.45, 2.75) is 13.8 Å². The zero-order valence-electron chi connectivity index (χ0n) is 13.1. The first-order valence-corrected chi connectivity index (χ1v) is 7.28. The van der Waals surface area contributed by atoms with E-state index >= 15 is 0 Å². The summed E-state index contributed by atoms with van der Waals surface area (Å²) in [5, 5.41) is 13.7. The lowest BCUT2D eigenvalue weighted by molar-refractivity contribution is 0.586. The lowest BCUT2D eigenvalue weighted by atomic mass is 10.1. The third-order valence-corrected chi connectivity index (χ3v) is 3.47. The highest BCUT2D eigenvalue weighted by Gasteiger charge is 2.08. The number of aryl methyl sites for hydroxylation is 2. The molecule has 0 saturated carbocycles. The van der Waals surface area contributed by atoms with E-state index in [2.05, 4.69) is 25.8 Å². The summed E-state index contributed by atoms with van der Waals surface area (Å²) in [6.45, 7) is 3.94. The molecule has 0 saturated heterocycles. The molecule has 2 aromatic carbocycles. The molecular weight excluding hydrogens is 312 g/mol. The van der Waals surface area contributed by atoms with E-state index in [0.717, 1.165) is 28.9 Å². The molecule has 0 atom stereocenters. The van der Waals surface area contributed by atoms with Crippen LogP contribution in [-0.4, -0.2) is 15.2 Å². The van der Waals surface area contributed by atoms with Crippen LogP contribution in [0, 0.1) is 25.5 Å². The number of para-hydroxylation sites is 1. The Kier molecular flexibility index (Phi) is 4.33. The minimum Gasteiger partial charge on any atom is -0.336 e. The summed E-state index contributed by atoms with van der Waals surface area (Å²) in [5.74, 6) is -0.779. The molecule has 1 heterocycles. The van der Waals surface area contributed by atoms with E-state index in [9.17, 15) is 8.78 Å². The van der Waals surface area contributed by atoms with E-state index in [4.69, 9.17) is 0 Å². The highest BCUT2D eigenvalue weighted by molar-refractivity contribution is 5.64. The predicted octanol–water partition coefficient (Wildman–Crippen LogP) is 4.25. The van der Waals surface area contributed by atoms with E-state index in [-0.39, 0.29) is 11.6 Å². The predicted molar refractivity (Wildman–Crippen MR) is 88.7 cm³/mol. The molecule has 0 aliphatic heterocycles. The van der Waals surface area contributed by atoms with Gasteiger partial charge in [0, 0.05) is 11.8 Å². The zero-order valence-corrected chi connectivity index (χ0v) is 13.1. The van der Waals surface area contributed by atoms with Crippen molar-refractivity contribution in [2.24, 2.45) is 0 Å². The van der Waals surface area contributed by atoms with Gasteiger partial charge in [-0.05, 0) is 37.1 Å². The van der Waals surface area contributed by atoms with Gasteiger partial charge in [0.25, 0.3) is 0 Å². The van der Waals surface area contributed by atoms with Gasteiger partial charge in [0.15, 0.2) is 5.82 Å². The maximum Gasteiger partial charge on any atom is 0.249 e. The van der Waals surface area contributed by atoms with Gasteiger partial charge < -0.3 is 10.6 Å². The minimum atomic E-state index is -0.710. The zero-order chi connectivity index (χ0) is 17.1. The number of halogens is 2. The number of rotatable bonds is 4. The van der Waals surface area contributed by atoms with Crippen LogP contribution in [0.1, 0.15) is 11.1 Å². The quantitative estimate of drug-likeness (QED) is 0.750. The normalized spacial score (nSPS) is 10.5. The van der Waals surface area contributed by atoms with Gasteiger partial charge in [0.05, 0.1) is 11.9 Å². The number of benzene rings is 2. The second kappa shape index (κ2) is 6.57. The number of hydrogen-bond acceptors (Lipinski definition) is 5. The van der Waals surface area contributed by atoms with E-state index < -0.39 is 11.6 Å². The average Bonchev–Trinajstić information content (AvgIpc) is 2.54. The van der Waals surface area contributed by atoms with Crippen molar-refractivity contribution in [1.82, 2.24) is 15.2 Å². The smallest absolute Gasteiger partial charge is 0.249 e. The Balaban J connectivity index is 1.84. The summed E-state index contributed by atoms with van der Waals surface area (Å²) < 4.78 is 26.7. The van der Waals surface area contributed by atoms with Crippen molar-refractivity contribution in [3.63, 3.8) is 0 Å². The third-order valence-electron chi connectivity index (χ3n) is 3.47. The van der Waals surface area contributed by atoms with Crippen LogP contribution >= 0.6 is 0 Å². The van der Waals surface area contributed by atoms with Crippen LogP contribution in [0.5, 0.6) is 0 Å². The van der Waals surface area contributed by atoms with Gasteiger partial charge in [0.2, 0.25) is 5.95 Å². The molecule has 0 aliphatic carbocycles. The van der Waals surface area contributed by atoms with E-state index in [0.29, 0.717) is 5.82 Å². The van der Waals surface area contributed by atoms with Gasteiger partial charge in [-0.15, -0.1) is 5.10 Å². The Morgan fingerprint density at radius 3 is 2.42 bits per heavy atom. The van der Waals surface area contributed by atoms with Gasteiger partial charge in [0.1, 0.15) is 11.6 Å². The summed E-state index contributed by atoms with van der Waals surface area (Å²) in [4.78, 5) is 4.25. The van der Waals surface area contributed by atoms with E-state index in [1.807, 2.05) is 32.0 Å². The standard InChI is InChI=1S/C17H15F2N5/c1-10-4-3-5-11(2)16(10)23-17-22-15(9-20-24-17)21-14-7-6-12(18)8-13(14)19/h3-9H,1-2H3,(H2,21,22,23,24). The first-order chi connectivity index (χ1) is 11.5. The van der Waals surface area contributed by atoms with Crippen molar-refractivity contribution in [1.29, 1.82) is 0 Å².